The number of hydrogen-bond acceptors (Lipinski definition) is 1. The molecule has 0 aliphatic carbocycles. The minimum atomic E-state index is 0.573. The predicted molar refractivity (Wildman–Crippen MR) is 226 cm³/mol. The first kappa shape index (κ1) is 30.7. The van der Waals surface area contributed by atoms with Crippen LogP contribution in [-0.2, 0) is 0 Å². The van der Waals surface area contributed by atoms with Gasteiger partial charge in [0.25, 0.3) is 0 Å². The quantitative estimate of drug-likeness (QED) is 0.169. The van der Waals surface area contributed by atoms with Crippen molar-refractivity contribution in [2.24, 2.45) is 0 Å². The van der Waals surface area contributed by atoms with Gasteiger partial charge in [0.2, 0.25) is 0 Å². The van der Waals surface area contributed by atoms with Crippen LogP contribution in [0.3, 0.4) is 0 Å². The van der Waals surface area contributed by atoms with Gasteiger partial charge in [0.1, 0.15) is 0 Å². The van der Waals surface area contributed by atoms with Gasteiger partial charge in [-0.25, -0.2) is 4.85 Å². The molecule has 0 bridgehead atoms. The maximum atomic E-state index is 10.8. The maximum Gasteiger partial charge on any atom is 0.197 e. The van der Waals surface area contributed by atoms with E-state index in [1.165, 1.54) is 10.8 Å². The molecule has 0 aliphatic rings. The lowest BCUT2D eigenvalue weighted by molar-refractivity contribution is 1.15. The third-order valence-electron chi connectivity index (χ3n) is 11.1. The molecule has 11 aromatic rings. The fourth-order valence-electron chi connectivity index (χ4n) is 8.89. The molecule has 0 saturated heterocycles. The van der Waals surface area contributed by atoms with Gasteiger partial charge in [-0.15, -0.1) is 0 Å². The SMILES string of the molecule is [C-]#[N+]c1cccc2c1c1ccccc1n2-c1cccc(C#N)c1-c1ccccc1-n1c2ccccc2c2ccc(-n3c4ccccc4c4ccccc43)cc21. The van der Waals surface area contributed by atoms with Gasteiger partial charge in [0.05, 0.1) is 57.2 Å². The highest BCUT2D eigenvalue weighted by molar-refractivity contribution is 6.16. The van der Waals surface area contributed by atoms with E-state index in [1.807, 2.05) is 36.4 Å². The van der Waals surface area contributed by atoms with E-state index in [2.05, 4.69) is 164 Å². The topological polar surface area (TPSA) is 42.9 Å². The molecule has 8 aromatic carbocycles. The van der Waals surface area contributed by atoms with E-state index in [9.17, 15) is 5.26 Å². The molecule has 0 saturated carbocycles. The molecule has 0 radical (unpaired) electrons. The zero-order valence-corrected chi connectivity index (χ0v) is 29.5. The van der Waals surface area contributed by atoms with Gasteiger partial charge in [0.15, 0.2) is 5.69 Å². The molecule has 0 spiro atoms. The summed E-state index contributed by atoms with van der Waals surface area (Å²) in [6.45, 7) is 8.00. The average molecular weight is 700 g/mol. The standard InChI is InChI=1S/C50H29N5/c1-52-40-20-13-27-47-50(40)39-19-6-11-25-45(39)55(47)46-26-12-14-32(31-51)49(46)38-18-5-10-24-44(38)54-43-23-9-4-17-36(43)37-29-28-33(30-48(37)54)53-41-21-7-2-15-34(41)35-16-3-8-22-42(35)53/h2-30H. The Kier molecular flexibility index (Phi) is 6.61. The van der Waals surface area contributed by atoms with E-state index in [0.717, 1.165) is 82.8 Å². The second-order valence-electron chi connectivity index (χ2n) is 13.9. The van der Waals surface area contributed by atoms with Crippen LogP contribution in [0.25, 0.3) is 98.5 Å². The van der Waals surface area contributed by atoms with Crippen molar-refractivity contribution in [2.45, 2.75) is 0 Å². The van der Waals surface area contributed by atoms with E-state index >= 15 is 0 Å². The molecule has 0 amide bonds. The van der Waals surface area contributed by atoms with Crippen LogP contribution in [-0.4, -0.2) is 13.7 Å². The van der Waals surface area contributed by atoms with E-state index < -0.39 is 0 Å². The summed E-state index contributed by atoms with van der Waals surface area (Å²) in [6, 6.07) is 63.6. The Morgan fingerprint density at radius 2 is 0.945 bits per heavy atom. The van der Waals surface area contributed by atoms with E-state index in [0.29, 0.717) is 11.3 Å². The number of fused-ring (bicyclic) bond motifs is 9. The van der Waals surface area contributed by atoms with Crippen molar-refractivity contribution in [3.8, 4) is 34.3 Å². The van der Waals surface area contributed by atoms with Crippen molar-refractivity contribution in [2.75, 3.05) is 0 Å². The van der Waals surface area contributed by atoms with Crippen molar-refractivity contribution in [1.82, 2.24) is 13.7 Å². The van der Waals surface area contributed by atoms with Gasteiger partial charge in [-0.2, -0.15) is 5.26 Å². The number of nitrogens with zero attached hydrogens (tertiary/aromatic N) is 5. The normalized spacial score (nSPS) is 11.6. The van der Waals surface area contributed by atoms with Crippen LogP contribution in [0.4, 0.5) is 5.69 Å². The van der Waals surface area contributed by atoms with Gasteiger partial charge in [-0.05, 0) is 66.0 Å². The predicted octanol–water partition coefficient (Wildman–Crippen LogP) is 13.1. The first-order valence-corrected chi connectivity index (χ1v) is 18.3. The minimum absolute atomic E-state index is 0.573. The zero-order valence-electron chi connectivity index (χ0n) is 29.5. The van der Waals surface area contributed by atoms with Gasteiger partial charge < -0.3 is 13.7 Å². The molecule has 3 heterocycles. The average Bonchev–Trinajstić information content (AvgIpc) is 3.89. The molecular weight excluding hydrogens is 671 g/mol. The molecule has 3 aromatic heterocycles. The van der Waals surface area contributed by atoms with Crippen LogP contribution in [0.5, 0.6) is 0 Å². The van der Waals surface area contributed by atoms with Crippen LogP contribution in [0, 0.1) is 17.9 Å². The Hall–Kier alpha value is -7.86. The molecule has 0 unspecified atom stereocenters. The summed E-state index contributed by atoms with van der Waals surface area (Å²) in [4.78, 5) is 3.91. The molecule has 5 heteroatoms. The lowest BCUT2D eigenvalue weighted by Gasteiger charge is -2.19. The van der Waals surface area contributed by atoms with Crippen molar-refractivity contribution < 1.29 is 0 Å². The van der Waals surface area contributed by atoms with Gasteiger partial charge in [0, 0.05) is 49.3 Å². The first-order valence-electron chi connectivity index (χ1n) is 18.3. The summed E-state index contributed by atoms with van der Waals surface area (Å²) in [5.74, 6) is 0. The largest absolute Gasteiger partial charge is 0.310 e. The Morgan fingerprint density at radius 3 is 1.62 bits per heavy atom. The number of aromatic nitrogens is 3. The molecule has 254 valence electrons. The highest BCUT2D eigenvalue weighted by Gasteiger charge is 2.23. The highest BCUT2D eigenvalue weighted by Crippen LogP contribution is 2.44. The van der Waals surface area contributed by atoms with Gasteiger partial charge >= 0.3 is 0 Å². The summed E-state index contributed by atoms with van der Waals surface area (Å²) in [6.07, 6.45) is 0. The Labute approximate surface area is 316 Å². The molecule has 55 heavy (non-hydrogen) atoms. The third kappa shape index (κ3) is 4.33. The Balaban J connectivity index is 1.23. The third-order valence-corrected chi connectivity index (χ3v) is 11.1. The van der Waals surface area contributed by atoms with Gasteiger partial charge in [-0.3, -0.25) is 0 Å². The number of hydrogen-bond donors (Lipinski definition) is 0. The maximum absolute atomic E-state index is 10.8. The summed E-state index contributed by atoms with van der Waals surface area (Å²) in [5.41, 5.74) is 12.3. The fraction of sp³-hybridized carbons (Fsp3) is 0. The van der Waals surface area contributed by atoms with Crippen LogP contribution in [0.15, 0.2) is 176 Å². The van der Waals surface area contributed by atoms with Crippen molar-refractivity contribution >= 4 is 71.1 Å². The van der Waals surface area contributed by atoms with Crippen molar-refractivity contribution in [1.29, 1.82) is 5.26 Å². The Bertz CT molecular complexity index is 3420. The van der Waals surface area contributed by atoms with Crippen LogP contribution in [0.2, 0.25) is 0 Å². The molecule has 5 nitrogen and oxygen atoms in total. The molecule has 0 fully saturated rings. The number of para-hydroxylation sites is 5. The monoisotopic (exact) mass is 699 g/mol. The molecule has 11 rings (SSSR count). The lowest BCUT2D eigenvalue weighted by Crippen LogP contribution is -2.03. The van der Waals surface area contributed by atoms with Crippen LogP contribution in [0.1, 0.15) is 5.56 Å². The highest BCUT2D eigenvalue weighted by atomic mass is 15.0. The number of rotatable bonds is 4. The lowest BCUT2D eigenvalue weighted by atomic mass is 9.96. The molecule has 0 aliphatic heterocycles. The second kappa shape index (κ2) is 11.8. The molecular formula is C50H29N5. The van der Waals surface area contributed by atoms with E-state index in [4.69, 9.17) is 6.57 Å². The summed E-state index contributed by atoms with van der Waals surface area (Å²) in [5, 5.41) is 17.4. The molecule has 0 atom stereocenters. The summed E-state index contributed by atoms with van der Waals surface area (Å²) >= 11 is 0. The fourth-order valence-corrected chi connectivity index (χ4v) is 8.89. The second-order valence-corrected chi connectivity index (χ2v) is 13.9. The Morgan fingerprint density at radius 1 is 0.436 bits per heavy atom. The van der Waals surface area contributed by atoms with Crippen molar-refractivity contribution in [3.05, 3.63) is 193 Å². The van der Waals surface area contributed by atoms with Crippen molar-refractivity contribution in [3.63, 3.8) is 0 Å². The smallest absolute Gasteiger partial charge is 0.197 e. The van der Waals surface area contributed by atoms with E-state index in [-0.39, 0.29) is 0 Å². The summed E-state index contributed by atoms with van der Waals surface area (Å²) in [7, 11) is 0. The summed E-state index contributed by atoms with van der Waals surface area (Å²) < 4.78 is 6.94. The molecule has 0 N–H and O–H groups in total. The van der Waals surface area contributed by atoms with Crippen LogP contribution < -0.4 is 0 Å². The van der Waals surface area contributed by atoms with E-state index in [1.54, 1.807) is 0 Å². The van der Waals surface area contributed by atoms with Crippen LogP contribution >= 0.6 is 0 Å². The minimum Gasteiger partial charge on any atom is -0.310 e. The number of benzene rings is 8. The number of nitriles is 1. The zero-order chi connectivity index (χ0) is 36.6. The van der Waals surface area contributed by atoms with Gasteiger partial charge in [-0.1, -0.05) is 115 Å². The first-order chi connectivity index (χ1) is 27.2.